The Bertz CT molecular complexity index is 1260. The number of nitrogens with zero attached hydrogens (tertiary/aromatic N) is 1. The molecule has 0 saturated heterocycles. The molecule has 3 N–H and O–H groups in total. The Kier molecular flexibility index (Phi) is 14.3. The van der Waals surface area contributed by atoms with Crippen LogP contribution in [0.5, 0.6) is 0 Å². The van der Waals surface area contributed by atoms with Crippen molar-refractivity contribution in [3.63, 3.8) is 0 Å². The van der Waals surface area contributed by atoms with E-state index in [4.69, 9.17) is 0 Å². The van der Waals surface area contributed by atoms with Gasteiger partial charge in [-0.1, -0.05) is 57.9 Å². The fraction of sp³-hybridized carbons (Fsp3) is 0.533. The molecule has 0 aliphatic heterocycles. The van der Waals surface area contributed by atoms with Crippen LogP contribution < -0.4 is 10.6 Å². The molecule has 0 bridgehead atoms. The number of benzene rings is 2. The maximum absolute atomic E-state index is 13.9. The van der Waals surface area contributed by atoms with Gasteiger partial charge >= 0.3 is 0 Å². The van der Waals surface area contributed by atoms with E-state index < -0.39 is 56.6 Å². The van der Waals surface area contributed by atoms with Crippen LogP contribution in [-0.2, 0) is 38.8 Å². The van der Waals surface area contributed by atoms with Gasteiger partial charge in [-0.2, -0.15) is 4.99 Å². The van der Waals surface area contributed by atoms with Crippen molar-refractivity contribution < 1.29 is 31.9 Å². The summed E-state index contributed by atoms with van der Waals surface area (Å²) in [5.74, 6) is -3.23. The number of carbonyl (C=O) groups is 1. The molecule has 0 aromatic heterocycles. The van der Waals surface area contributed by atoms with Crippen molar-refractivity contribution in [3.05, 3.63) is 70.8 Å². The Hall–Kier alpha value is -2.98. The minimum Gasteiger partial charge on any atom is -0.390 e. The quantitative estimate of drug-likeness (QED) is 0.178. The summed E-state index contributed by atoms with van der Waals surface area (Å²) in [7, 11) is -3.80. The van der Waals surface area contributed by atoms with Crippen LogP contribution in [0.2, 0.25) is 0 Å². The highest BCUT2D eigenvalue weighted by Gasteiger charge is 2.33. The number of amides is 1. The van der Waals surface area contributed by atoms with Crippen molar-refractivity contribution in [2.45, 2.75) is 89.3 Å². The molecule has 0 radical (unpaired) electrons. The molecule has 0 heterocycles. The molecule has 0 aliphatic carbocycles. The number of isocyanates is 1. The number of aliphatic imine (C=N–C) groups is 1. The smallest absolute Gasteiger partial charge is 0.247 e. The van der Waals surface area contributed by atoms with Crippen molar-refractivity contribution in [1.29, 1.82) is 0 Å². The van der Waals surface area contributed by atoms with E-state index >= 15 is 0 Å². The van der Waals surface area contributed by atoms with Gasteiger partial charge in [0.15, 0.2) is 15.9 Å². The molecule has 0 fully saturated rings. The summed E-state index contributed by atoms with van der Waals surface area (Å²) in [5.41, 5.74) is 2.32. The molecule has 1 amide bonds. The third kappa shape index (κ3) is 11.4. The molecule has 2 rings (SSSR count). The Balaban J connectivity index is 2.24. The molecule has 11 heteroatoms. The second kappa shape index (κ2) is 17.1. The van der Waals surface area contributed by atoms with Crippen LogP contribution >= 0.6 is 0 Å². The zero-order valence-corrected chi connectivity index (χ0v) is 24.7. The van der Waals surface area contributed by atoms with E-state index in [2.05, 4.69) is 15.6 Å². The highest BCUT2D eigenvalue weighted by atomic mass is 32.2. The summed E-state index contributed by atoms with van der Waals surface area (Å²) in [5, 5.41) is 16.0. The maximum Gasteiger partial charge on any atom is 0.247 e. The van der Waals surface area contributed by atoms with Crippen molar-refractivity contribution in [2.75, 3.05) is 12.3 Å². The molecule has 2 aromatic rings. The first kappa shape index (κ1) is 34.2. The van der Waals surface area contributed by atoms with Gasteiger partial charge in [-0.15, -0.1) is 0 Å². The van der Waals surface area contributed by atoms with Crippen LogP contribution in [0.25, 0.3) is 0 Å². The summed E-state index contributed by atoms with van der Waals surface area (Å²) >= 11 is 0. The molecular formula is C30H41F2N3O5S. The zero-order valence-electron chi connectivity index (χ0n) is 23.9. The molecule has 0 saturated carbocycles. The Morgan fingerprint density at radius 3 is 2.22 bits per heavy atom. The summed E-state index contributed by atoms with van der Waals surface area (Å²) in [4.78, 5) is 27.8. The number of carbonyl (C=O) groups excluding carboxylic acids is 2. The van der Waals surface area contributed by atoms with Crippen LogP contribution in [0, 0.1) is 11.6 Å². The summed E-state index contributed by atoms with van der Waals surface area (Å²) in [6, 6.07) is 8.12. The lowest BCUT2D eigenvalue weighted by molar-refractivity contribution is -0.123. The van der Waals surface area contributed by atoms with Crippen LogP contribution in [0.15, 0.2) is 47.5 Å². The SMILES string of the molecule is CCCC(CCC)S(=O)(=O)C[C@H](N=C=O)C(=O)N[C@@H](Cc1cc(F)cc(F)c1)[C@H](O)CNCc1cccc(CC)c1. The van der Waals surface area contributed by atoms with E-state index in [-0.39, 0.29) is 18.5 Å². The number of hydrogen-bond acceptors (Lipinski definition) is 7. The van der Waals surface area contributed by atoms with Gasteiger partial charge in [0.2, 0.25) is 12.0 Å². The first-order valence-corrected chi connectivity index (χ1v) is 15.7. The standard InChI is InChI=1S/C30H41F2N3O5S/c1-4-8-26(9-5-2)41(39,40)19-28(34-20-36)30(38)35-27(15-23-13-24(31)16-25(32)14-23)29(37)18-33-17-22-11-7-10-21(6-3)12-22/h7,10-14,16,26-29,33,37H,4-6,8-9,15,17-19H2,1-3H3,(H,35,38)/t27-,28-,29+/m0/s1. The topological polar surface area (TPSA) is 125 Å². The Morgan fingerprint density at radius 1 is 1.00 bits per heavy atom. The predicted molar refractivity (Wildman–Crippen MR) is 155 cm³/mol. The fourth-order valence-corrected chi connectivity index (χ4v) is 6.88. The first-order chi connectivity index (χ1) is 19.5. The highest BCUT2D eigenvalue weighted by Crippen LogP contribution is 2.18. The van der Waals surface area contributed by atoms with Gasteiger partial charge in [0.1, 0.15) is 11.6 Å². The molecular weight excluding hydrogens is 552 g/mol. The number of aliphatic hydroxyl groups is 1. The number of rotatable bonds is 18. The van der Waals surface area contributed by atoms with E-state index in [0.717, 1.165) is 29.7 Å². The summed E-state index contributed by atoms with van der Waals surface area (Å²) in [6.45, 7) is 6.20. The number of aliphatic hydroxyl groups excluding tert-OH is 1. The van der Waals surface area contributed by atoms with Gasteiger partial charge < -0.3 is 15.7 Å². The largest absolute Gasteiger partial charge is 0.390 e. The van der Waals surface area contributed by atoms with Gasteiger partial charge in [-0.3, -0.25) is 4.79 Å². The number of halogens is 2. The normalized spacial score (nSPS) is 13.8. The van der Waals surface area contributed by atoms with E-state index in [9.17, 15) is 31.9 Å². The van der Waals surface area contributed by atoms with Crippen LogP contribution in [0.4, 0.5) is 8.78 Å². The molecule has 0 unspecified atom stereocenters. The first-order valence-electron chi connectivity index (χ1n) is 14.0. The van der Waals surface area contributed by atoms with Crippen molar-refractivity contribution in [2.24, 2.45) is 4.99 Å². The van der Waals surface area contributed by atoms with E-state index in [1.54, 1.807) is 0 Å². The Morgan fingerprint density at radius 2 is 1.63 bits per heavy atom. The molecule has 3 atom stereocenters. The number of hydrogen-bond donors (Lipinski definition) is 3. The van der Waals surface area contributed by atoms with Crippen LogP contribution in [0.3, 0.4) is 0 Å². The third-order valence-electron chi connectivity index (χ3n) is 6.88. The van der Waals surface area contributed by atoms with Gasteiger partial charge in [0, 0.05) is 19.2 Å². The van der Waals surface area contributed by atoms with E-state index in [0.29, 0.717) is 38.3 Å². The molecule has 8 nitrogen and oxygen atoms in total. The maximum atomic E-state index is 13.9. The second-order valence-corrected chi connectivity index (χ2v) is 12.6. The average molecular weight is 594 g/mol. The average Bonchev–Trinajstić information content (AvgIpc) is 2.91. The minimum absolute atomic E-state index is 0.00802. The van der Waals surface area contributed by atoms with Crippen LogP contribution in [0.1, 0.15) is 63.1 Å². The second-order valence-electron chi connectivity index (χ2n) is 10.2. The molecule has 2 aromatic carbocycles. The fourth-order valence-electron chi connectivity index (χ4n) is 4.75. The third-order valence-corrected chi connectivity index (χ3v) is 9.15. The Labute approximate surface area is 241 Å². The predicted octanol–water partition coefficient (Wildman–Crippen LogP) is 3.79. The van der Waals surface area contributed by atoms with E-state index in [1.165, 1.54) is 6.08 Å². The van der Waals surface area contributed by atoms with Crippen LogP contribution in [-0.4, -0.2) is 61.2 Å². The number of sulfone groups is 1. The van der Waals surface area contributed by atoms with E-state index in [1.807, 2.05) is 45.0 Å². The summed E-state index contributed by atoms with van der Waals surface area (Å²) < 4.78 is 54.0. The monoisotopic (exact) mass is 593 g/mol. The van der Waals surface area contributed by atoms with Gasteiger partial charge in [-0.05, 0) is 54.5 Å². The van der Waals surface area contributed by atoms with Crippen molar-refractivity contribution in [1.82, 2.24) is 10.6 Å². The lowest BCUT2D eigenvalue weighted by Gasteiger charge is -2.26. The van der Waals surface area contributed by atoms with Gasteiger partial charge in [-0.25, -0.2) is 22.0 Å². The van der Waals surface area contributed by atoms with Gasteiger partial charge in [0.25, 0.3) is 0 Å². The van der Waals surface area contributed by atoms with Crippen molar-refractivity contribution in [3.8, 4) is 0 Å². The van der Waals surface area contributed by atoms with Crippen molar-refractivity contribution >= 4 is 21.8 Å². The lowest BCUT2D eigenvalue weighted by atomic mass is 10.00. The summed E-state index contributed by atoms with van der Waals surface area (Å²) in [6.07, 6.45) is 2.84. The lowest BCUT2D eigenvalue weighted by Crippen LogP contribution is -2.52. The molecule has 41 heavy (non-hydrogen) atoms. The molecule has 226 valence electrons. The number of aryl methyl sites for hydroxylation is 1. The zero-order chi connectivity index (χ0) is 30.4. The minimum atomic E-state index is -3.80. The van der Waals surface area contributed by atoms with Gasteiger partial charge in [0.05, 0.1) is 23.1 Å². The number of nitrogens with one attached hydrogen (secondary N) is 2. The molecule has 0 aliphatic rings. The highest BCUT2D eigenvalue weighted by molar-refractivity contribution is 7.92. The molecule has 0 spiro atoms.